The predicted octanol–water partition coefficient (Wildman–Crippen LogP) is 4.79. The van der Waals surface area contributed by atoms with Crippen molar-refractivity contribution in [3.63, 3.8) is 0 Å². The maximum Gasteiger partial charge on any atom is 0.509 e. The zero-order valence-electron chi connectivity index (χ0n) is 17.3. The largest absolute Gasteiger partial charge is 0.509 e. The van der Waals surface area contributed by atoms with Crippen LogP contribution in [0, 0.1) is 0 Å². The lowest BCUT2D eigenvalue weighted by molar-refractivity contribution is -0.0903. The van der Waals surface area contributed by atoms with Crippen LogP contribution in [0.4, 0.5) is 9.59 Å². The van der Waals surface area contributed by atoms with Crippen molar-refractivity contribution in [2.75, 3.05) is 6.61 Å². The summed E-state index contributed by atoms with van der Waals surface area (Å²) < 4.78 is 32.2. The summed E-state index contributed by atoms with van der Waals surface area (Å²) in [6.07, 6.45) is -4.01. The monoisotopic (exact) mass is 574 g/mol. The van der Waals surface area contributed by atoms with Gasteiger partial charge >= 0.3 is 12.3 Å². The Kier molecular flexibility index (Phi) is 9.10. The average Bonchev–Trinajstić information content (AvgIpc) is 3.05. The number of carbonyl (C=O) groups is 2. The minimum atomic E-state index is -0.859. The predicted molar refractivity (Wildman–Crippen MR) is 126 cm³/mol. The van der Waals surface area contributed by atoms with Crippen LogP contribution in [0.2, 0.25) is 0 Å². The first-order valence-corrected chi connectivity index (χ1v) is 11.3. The molecule has 2 aromatic rings. The molecule has 172 valence electrons. The maximum atomic E-state index is 12.3. The molecule has 0 radical (unpaired) electrons. The molecule has 1 saturated heterocycles. The summed E-state index contributed by atoms with van der Waals surface area (Å²) in [5.41, 5.74) is 1.66. The molecule has 0 aliphatic carbocycles. The van der Waals surface area contributed by atoms with Crippen molar-refractivity contribution in [2.45, 2.75) is 43.8 Å². The second-order valence-corrected chi connectivity index (χ2v) is 9.11. The number of ether oxygens (including phenoxy) is 5. The lowest BCUT2D eigenvalue weighted by Gasteiger charge is -2.28. The number of hydrogen-bond acceptors (Lipinski definition) is 8. The Morgan fingerprint density at radius 1 is 0.938 bits per heavy atom. The molecule has 1 fully saturated rings. The first-order valence-electron chi connectivity index (χ1n) is 9.82. The van der Waals surface area contributed by atoms with E-state index in [0.717, 1.165) is 11.1 Å². The zero-order chi connectivity index (χ0) is 23.0. The van der Waals surface area contributed by atoms with Crippen LogP contribution in [0.1, 0.15) is 18.1 Å². The van der Waals surface area contributed by atoms with E-state index >= 15 is 0 Å². The third-order valence-electron chi connectivity index (χ3n) is 4.83. The summed E-state index contributed by atoms with van der Waals surface area (Å²) in [4.78, 5) is 24.3. The highest BCUT2D eigenvalue weighted by molar-refractivity contribution is 14.1. The highest BCUT2D eigenvalue weighted by Crippen LogP contribution is 2.42. The molecule has 2 unspecified atom stereocenters. The van der Waals surface area contributed by atoms with Crippen LogP contribution < -0.4 is 0 Å². The quantitative estimate of drug-likeness (QED) is 0.253. The highest BCUT2D eigenvalue weighted by Gasteiger charge is 2.55. The van der Waals surface area contributed by atoms with Gasteiger partial charge in [0.25, 0.3) is 0 Å². The lowest BCUT2D eigenvalue weighted by atomic mass is 10.0. The Bertz CT molecular complexity index is 880. The van der Waals surface area contributed by atoms with Gasteiger partial charge in [0.05, 0.1) is 5.16 Å². The SMILES string of the molecule is C[C@]1(P)C(OI)O[C@H](COC(=O)OCc2ccccc2)[C@H]1OC(=O)OCc1ccccc1. The molecule has 0 aromatic heterocycles. The van der Waals surface area contributed by atoms with Crippen LogP contribution in [0.5, 0.6) is 0 Å². The molecule has 0 spiro atoms. The van der Waals surface area contributed by atoms with Crippen molar-refractivity contribution >= 4 is 44.6 Å². The van der Waals surface area contributed by atoms with E-state index in [0.29, 0.717) is 0 Å². The third-order valence-corrected chi connectivity index (χ3v) is 5.89. The zero-order valence-corrected chi connectivity index (χ0v) is 20.7. The number of carbonyl (C=O) groups excluding carboxylic acids is 2. The van der Waals surface area contributed by atoms with Crippen molar-refractivity contribution < 1.29 is 36.3 Å². The first-order chi connectivity index (χ1) is 15.4. The van der Waals surface area contributed by atoms with E-state index in [2.05, 4.69) is 9.24 Å². The van der Waals surface area contributed by atoms with Crippen LogP contribution in [-0.4, -0.2) is 42.6 Å². The molecule has 32 heavy (non-hydrogen) atoms. The molecule has 1 aliphatic rings. The average molecular weight is 574 g/mol. The molecular weight excluding hydrogens is 550 g/mol. The Hall–Kier alpha value is -1.94. The molecular formula is C22H24IO8P. The van der Waals surface area contributed by atoms with Gasteiger partial charge in [-0.15, -0.1) is 9.24 Å². The van der Waals surface area contributed by atoms with E-state index in [9.17, 15) is 9.59 Å². The van der Waals surface area contributed by atoms with Crippen molar-refractivity contribution in [3.8, 4) is 0 Å². The Labute approximate surface area is 202 Å². The highest BCUT2D eigenvalue weighted by atomic mass is 127. The van der Waals surface area contributed by atoms with Crippen LogP contribution >= 0.6 is 32.2 Å². The normalized spacial score (nSPS) is 24.5. The number of benzene rings is 2. The van der Waals surface area contributed by atoms with Crippen LogP contribution in [0.25, 0.3) is 0 Å². The molecule has 1 heterocycles. The molecule has 10 heteroatoms. The summed E-state index contributed by atoms with van der Waals surface area (Å²) in [5.74, 6) is 0. The van der Waals surface area contributed by atoms with Crippen LogP contribution in [0.15, 0.2) is 60.7 Å². The van der Waals surface area contributed by atoms with Crippen molar-refractivity contribution in [1.29, 1.82) is 0 Å². The maximum absolute atomic E-state index is 12.3. The smallest absolute Gasteiger partial charge is 0.431 e. The van der Waals surface area contributed by atoms with Crippen molar-refractivity contribution in [2.24, 2.45) is 0 Å². The van der Waals surface area contributed by atoms with Crippen molar-refractivity contribution in [3.05, 3.63) is 71.8 Å². The third kappa shape index (κ3) is 6.78. The topological polar surface area (TPSA) is 89.5 Å². The molecule has 2 aromatic carbocycles. The second kappa shape index (κ2) is 11.8. The van der Waals surface area contributed by atoms with Gasteiger partial charge in [-0.25, -0.2) is 9.59 Å². The van der Waals surface area contributed by atoms with Gasteiger partial charge in [-0.1, -0.05) is 60.7 Å². The summed E-state index contributed by atoms with van der Waals surface area (Å²) >= 11 is 1.71. The molecule has 0 amide bonds. The number of rotatable bonds is 8. The molecule has 1 aliphatic heterocycles. The second-order valence-electron chi connectivity index (χ2n) is 7.36. The Morgan fingerprint density at radius 2 is 1.47 bits per heavy atom. The van der Waals surface area contributed by atoms with Crippen LogP contribution in [-0.2, 0) is 40.0 Å². The van der Waals surface area contributed by atoms with E-state index < -0.39 is 36.0 Å². The van der Waals surface area contributed by atoms with E-state index in [-0.39, 0.29) is 19.8 Å². The van der Waals surface area contributed by atoms with Gasteiger partial charge < -0.3 is 23.7 Å². The standard InChI is InChI=1S/C22H24IO8P/c1-22(32)18(30-21(25)27-13-16-10-6-3-7-11-16)17(29-19(22)31-23)14-28-20(24)26-12-15-8-4-2-5-9-15/h2-11,17-19H,12-14,32H2,1H3/t17-,18-,19?,22-/m1/s1. The fourth-order valence-corrected chi connectivity index (χ4v) is 4.49. The van der Waals surface area contributed by atoms with Gasteiger partial charge in [-0.3, -0.25) is 3.07 Å². The van der Waals surface area contributed by atoms with E-state index in [1.165, 1.54) is 0 Å². The van der Waals surface area contributed by atoms with Gasteiger partial charge in [-0.2, -0.15) is 0 Å². The van der Waals surface area contributed by atoms with E-state index in [4.69, 9.17) is 26.8 Å². The van der Waals surface area contributed by atoms with Gasteiger partial charge in [0.2, 0.25) is 0 Å². The number of hydrogen-bond donors (Lipinski definition) is 0. The van der Waals surface area contributed by atoms with Gasteiger partial charge in [0.15, 0.2) is 6.29 Å². The van der Waals surface area contributed by atoms with E-state index in [1.807, 2.05) is 60.7 Å². The van der Waals surface area contributed by atoms with Gasteiger partial charge in [0.1, 0.15) is 55.0 Å². The summed E-state index contributed by atoms with van der Waals surface area (Å²) in [6.45, 7) is 1.76. The molecule has 5 atom stereocenters. The van der Waals surface area contributed by atoms with Gasteiger partial charge in [0, 0.05) is 0 Å². The Balaban J connectivity index is 1.54. The first kappa shape index (κ1) is 24.7. The molecule has 3 rings (SSSR count). The molecule has 0 bridgehead atoms. The van der Waals surface area contributed by atoms with Gasteiger partial charge in [-0.05, 0) is 18.1 Å². The van der Waals surface area contributed by atoms with E-state index in [1.54, 1.807) is 29.9 Å². The van der Waals surface area contributed by atoms with Crippen molar-refractivity contribution in [1.82, 2.24) is 0 Å². The minimum absolute atomic E-state index is 0.0695. The molecule has 8 nitrogen and oxygen atoms in total. The summed E-state index contributed by atoms with van der Waals surface area (Å²) in [6, 6.07) is 18.5. The number of halogens is 1. The minimum Gasteiger partial charge on any atom is -0.431 e. The lowest BCUT2D eigenvalue weighted by Crippen LogP contribution is -2.44. The molecule has 0 N–H and O–H groups in total. The summed E-state index contributed by atoms with van der Waals surface area (Å²) in [7, 11) is 2.58. The Morgan fingerprint density at radius 3 is 2.00 bits per heavy atom. The fourth-order valence-electron chi connectivity index (χ4n) is 3.12. The van der Waals surface area contributed by atoms with Crippen LogP contribution in [0.3, 0.4) is 0 Å². The summed E-state index contributed by atoms with van der Waals surface area (Å²) in [5, 5.41) is -0.797. The molecule has 0 saturated carbocycles. The fraction of sp³-hybridized carbons (Fsp3) is 0.364.